The van der Waals surface area contributed by atoms with Crippen LogP contribution in [0, 0.1) is 18.8 Å². The molecule has 2 aliphatic rings. The highest BCUT2D eigenvalue weighted by Crippen LogP contribution is 2.42. The second kappa shape index (κ2) is 11.0. The molecule has 0 unspecified atom stereocenters. The van der Waals surface area contributed by atoms with Gasteiger partial charge < -0.3 is 10.2 Å². The van der Waals surface area contributed by atoms with Crippen LogP contribution in [0.25, 0.3) is 6.08 Å². The number of hydrogen-bond donors (Lipinski definition) is 1. The lowest BCUT2D eigenvalue weighted by molar-refractivity contribution is -0.114. The maximum absolute atomic E-state index is 13.6. The third kappa shape index (κ3) is 5.52. The van der Waals surface area contributed by atoms with Gasteiger partial charge in [0, 0.05) is 16.5 Å². The molecule has 0 aromatic heterocycles. The molecule has 3 atom stereocenters. The zero-order chi connectivity index (χ0) is 25.9. The van der Waals surface area contributed by atoms with Crippen molar-refractivity contribution in [3.8, 4) is 0 Å². The lowest BCUT2D eigenvalue weighted by Crippen LogP contribution is -2.43. The minimum atomic E-state index is -0.0217. The van der Waals surface area contributed by atoms with E-state index in [0.717, 1.165) is 28.1 Å². The molecule has 1 heterocycles. The van der Waals surface area contributed by atoms with Crippen LogP contribution in [0.3, 0.4) is 0 Å². The van der Waals surface area contributed by atoms with E-state index in [0.29, 0.717) is 28.8 Å². The van der Waals surface area contributed by atoms with Gasteiger partial charge in [0.25, 0.3) is 11.8 Å². The number of amides is 2. The molecule has 0 radical (unpaired) electrons. The van der Waals surface area contributed by atoms with E-state index in [9.17, 15) is 9.59 Å². The number of carbonyl (C=O) groups excluding carboxylic acids is 2. The van der Waals surface area contributed by atoms with Crippen LogP contribution in [0.2, 0.25) is 0 Å². The lowest BCUT2D eigenvalue weighted by atomic mass is 9.78. The van der Waals surface area contributed by atoms with Gasteiger partial charge >= 0.3 is 0 Å². The Hall–Kier alpha value is -3.31. The number of para-hydroxylation sites is 1. The first-order chi connectivity index (χ1) is 17.9. The van der Waals surface area contributed by atoms with E-state index in [2.05, 4.69) is 44.3 Å². The van der Waals surface area contributed by atoms with E-state index in [-0.39, 0.29) is 17.9 Å². The van der Waals surface area contributed by atoms with E-state index in [1.54, 1.807) is 0 Å². The predicted molar refractivity (Wildman–Crippen MR) is 153 cm³/mol. The normalized spacial score (nSPS) is 22.6. The smallest absolute Gasteiger partial charge is 0.265 e. The number of anilines is 1. The summed E-state index contributed by atoms with van der Waals surface area (Å²) in [6, 6.07) is 24.0. The number of hydrogen-bond acceptors (Lipinski definition) is 3. The van der Waals surface area contributed by atoms with Crippen LogP contribution in [0.4, 0.5) is 5.69 Å². The molecular formula is C32H34N2O2S. The summed E-state index contributed by atoms with van der Waals surface area (Å²) < 4.78 is 0. The zero-order valence-corrected chi connectivity index (χ0v) is 22.6. The van der Waals surface area contributed by atoms with Gasteiger partial charge in [0.05, 0.1) is 17.1 Å². The molecule has 1 aliphatic heterocycles. The number of nitrogens with zero attached hydrogens (tertiary/aromatic N) is 1. The summed E-state index contributed by atoms with van der Waals surface area (Å²) in [4.78, 5) is 30.2. The molecule has 2 amide bonds. The van der Waals surface area contributed by atoms with Crippen molar-refractivity contribution in [3.05, 3.63) is 100.0 Å². The Balaban J connectivity index is 1.35. The Morgan fingerprint density at radius 3 is 2.51 bits per heavy atom. The molecule has 1 fully saturated rings. The molecule has 0 spiro atoms. The molecule has 0 saturated heterocycles. The van der Waals surface area contributed by atoms with Crippen LogP contribution in [0.15, 0.2) is 82.6 Å². The van der Waals surface area contributed by atoms with Crippen molar-refractivity contribution >= 4 is 35.3 Å². The number of carbonyl (C=O) groups is 2. The molecular weight excluding hydrogens is 476 g/mol. The highest BCUT2D eigenvalue weighted by Gasteiger charge is 2.30. The third-order valence-corrected chi connectivity index (χ3v) is 8.99. The average molecular weight is 511 g/mol. The largest absolute Gasteiger partial charge is 0.349 e. The van der Waals surface area contributed by atoms with E-state index in [1.807, 2.05) is 65.6 Å². The van der Waals surface area contributed by atoms with Crippen LogP contribution >= 0.6 is 11.8 Å². The molecule has 3 aromatic rings. The topological polar surface area (TPSA) is 49.4 Å². The molecule has 190 valence electrons. The van der Waals surface area contributed by atoms with Gasteiger partial charge in [-0.05, 0) is 72.2 Å². The molecule has 3 aromatic carbocycles. The van der Waals surface area contributed by atoms with E-state index >= 15 is 0 Å². The van der Waals surface area contributed by atoms with Gasteiger partial charge in [-0.1, -0.05) is 87.0 Å². The Labute approximate surface area is 224 Å². The number of thioether (sulfide) groups is 1. The Morgan fingerprint density at radius 2 is 1.73 bits per heavy atom. The second-order valence-corrected chi connectivity index (χ2v) is 11.4. The van der Waals surface area contributed by atoms with Crippen LogP contribution in [-0.4, -0.2) is 17.9 Å². The molecule has 1 N–H and O–H groups in total. The standard InChI is InChI=1S/C32H34N2O2S/c1-21-10-8-12-27(23(21)3)33-31(35)25-17-15-24(16-18-25)19-30-32(36)34(20-26-11-5-4-9-22(26)2)28-13-6-7-14-29(28)37-30/h4-7,9,11,13-19,21,23,27H,8,10,12,20H2,1-3H3,(H,33,35)/b30-19+/t21-,23+,27+/m0/s1. The molecule has 5 heteroatoms. The van der Waals surface area contributed by atoms with Crippen LogP contribution < -0.4 is 10.2 Å². The molecule has 1 saturated carbocycles. The highest BCUT2D eigenvalue weighted by molar-refractivity contribution is 8.04. The monoisotopic (exact) mass is 510 g/mol. The van der Waals surface area contributed by atoms with E-state index < -0.39 is 0 Å². The van der Waals surface area contributed by atoms with Crippen molar-refractivity contribution < 1.29 is 9.59 Å². The van der Waals surface area contributed by atoms with E-state index in [1.165, 1.54) is 30.2 Å². The van der Waals surface area contributed by atoms with Gasteiger partial charge in [-0.2, -0.15) is 0 Å². The summed E-state index contributed by atoms with van der Waals surface area (Å²) in [5.74, 6) is 1.09. The minimum Gasteiger partial charge on any atom is -0.349 e. The summed E-state index contributed by atoms with van der Waals surface area (Å²) >= 11 is 1.50. The minimum absolute atomic E-state index is 0.00539. The van der Waals surface area contributed by atoms with Crippen LogP contribution in [0.1, 0.15) is 60.2 Å². The average Bonchev–Trinajstić information content (AvgIpc) is 2.90. The van der Waals surface area contributed by atoms with Crippen LogP contribution in [0.5, 0.6) is 0 Å². The summed E-state index contributed by atoms with van der Waals surface area (Å²) in [5, 5.41) is 3.25. The third-order valence-electron chi connectivity index (χ3n) is 7.92. The summed E-state index contributed by atoms with van der Waals surface area (Å²) in [6.07, 6.45) is 5.38. The maximum atomic E-state index is 13.6. The summed E-state index contributed by atoms with van der Waals surface area (Å²) in [6.45, 7) is 7.12. The van der Waals surface area contributed by atoms with Gasteiger partial charge in [0.1, 0.15) is 0 Å². The van der Waals surface area contributed by atoms with Crippen molar-refractivity contribution in [2.75, 3.05) is 4.90 Å². The number of fused-ring (bicyclic) bond motifs is 1. The zero-order valence-electron chi connectivity index (χ0n) is 21.7. The van der Waals surface area contributed by atoms with Crippen molar-refractivity contribution in [1.82, 2.24) is 5.32 Å². The molecule has 4 nitrogen and oxygen atoms in total. The summed E-state index contributed by atoms with van der Waals surface area (Å²) in [7, 11) is 0. The first-order valence-corrected chi connectivity index (χ1v) is 14.0. The molecule has 5 rings (SSSR count). The first kappa shape index (κ1) is 25.3. The number of aryl methyl sites for hydroxylation is 1. The fourth-order valence-electron chi connectivity index (χ4n) is 5.30. The maximum Gasteiger partial charge on any atom is 0.265 e. The fraction of sp³-hybridized carbons (Fsp3) is 0.312. The van der Waals surface area contributed by atoms with Gasteiger partial charge in [-0.3, -0.25) is 9.59 Å². The molecule has 37 heavy (non-hydrogen) atoms. The molecule has 1 aliphatic carbocycles. The van der Waals surface area contributed by atoms with E-state index in [4.69, 9.17) is 0 Å². The van der Waals surface area contributed by atoms with Gasteiger partial charge in [0.15, 0.2) is 0 Å². The SMILES string of the molecule is Cc1ccccc1CN1C(=O)/C(=C\c2ccc(C(=O)N[C@@H]3CCC[C@H](C)[C@H]3C)cc2)Sc2ccccc21. The van der Waals surface area contributed by atoms with Crippen molar-refractivity contribution in [3.63, 3.8) is 0 Å². The van der Waals surface area contributed by atoms with Crippen molar-refractivity contribution in [2.45, 2.75) is 57.5 Å². The quantitative estimate of drug-likeness (QED) is 0.368. The Bertz CT molecular complexity index is 1330. The van der Waals surface area contributed by atoms with Gasteiger partial charge in [-0.25, -0.2) is 0 Å². The fourth-order valence-corrected chi connectivity index (χ4v) is 6.36. The first-order valence-electron chi connectivity index (χ1n) is 13.2. The van der Waals surface area contributed by atoms with Crippen LogP contribution in [-0.2, 0) is 11.3 Å². The van der Waals surface area contributed by atoms with Gasteiger partial charge in [0.2, 0.25) is 0 Å². The number of nitrogens with one attached hydrogen (secondary N) is 1. The van der Waals surface area contributed by atoms with Gasteiger partial charge in [-0.15, -0.1) is 0 Å². The Kier molecular flexibility index (Phi) is 7.52. The van der Waals surface area contributed by atoms with Crippen molar-refractivity contribution in [1.29, 1.82) is 0 Å². The summed E-state index contributed by atoms with van der Waals surface area (Å²) in [5.41, 5.74) is 4.80. The number of rotatable bonds is 5. The van der Waals surface area contributed by atoms with Crippen molar-refractivity contribution in [2.24, 2.45) is 11.8 Å². The Morgan fingerprint density at radius 1 is 1.00 bits per heavy atom. The highest BCUT2D eigenvalue weighted by atomic mass is 32.2. The predicted octanol–water partition coefficient (Wildman–Crippen LogP) is 7.23. The lowest BCUT2D eigenvalue weighted by Gasteiger charge is -2.34. The molecule has 0 bridgehead atoms. The second-order valence-electron chi connectivity index (χ2n) is 10.4. The number of benzene rings is 3.